The van der Waals surface area contributed by atoms with Crippen molar-refractivity contribution in [3.63, 3.8) is 0 Å². The van der Waals surface area contributed by atoms with Crippen LogP contribution in [0, 0.1) is 11.8 Å². The van der Waals surface area contributed by atoms with Crippen LogP contribution in [-0.4, -0.2) is 21.2 Å². The van der Waals surface area contributed by atoms with Crippen LogP contribution in [0.3, 0.4) is 0 Å². The van der Waals surface area contributed by atoms with Gasteiger partial charge in [0.15, 0.2) is 9.84 Å². The van der Waals surface area contributed by atoms with E-state index in [0.29, 0.717) is 10.8 Å². The van der Waals surface area contributed by atoms with E-state index in [4.69, 9.17) is 0 Å². The van der Waals surface area contributed by atoms with E-state index >= 15 is 0 Å². The van der Waals surface area contributed by atoms with Crippen molar-refractivity contribution >= 4 is 15.5 Å². The van der Waals surface area contributed by atoms with Gasteiger partial charge in [-0.05, 0) is 36.8 Å². The molecule has 1 aliphatic rings. The van der Waals surface area contributed by atoms with Crippen molar-refractivity contribution in [1.82, 2.24) is 0 Å². The number of hydrogen-bond acceptors (Lipinski definition) is 3. The van der Waals surface area contributed by atoms with E-state index in [1.54, 1.807) is 12.1 Å². The zero-order chi connectivity index (χ0) is 13.2. The van der Waals surface area contributed by atoms with Crippen molar-refractivity contribution in [2.24, 2.45) is 11.8 Å². The molecule has 3 nitrogen and oxygen atoms in total. The zero-order valence-corrected chi connectivity index (χ0v) is 11.8. The first-order chi connectivity index (χ1) is 8.47. The van der Waals surface area contributed by atoms with Crippen LogP contribution in [0.5, 0.6) is 0 Å². The third-order valence-corrected chi connectivity index (χ3v) is 4.83. The summed E-state index contributed by atoms with van der Waals surface area (Å²) in [6.45, 7) is 3.15. The third-order valence-electron chi connectivity index (χ3n) is 3.67. The molecule has 0 spiro atoms. The monoisotopic (exact) mass is 267 g/mol. The highest BCUT2D eigenvalue weighted by molar-refractivity contribution is 7.90. The second-order valence-corrected chi connectivity index (χ2v) is 7.42. The molecule has 0 heterocycles. The standard InChI is InChI=1S/C14H21NO2S/c1-11-7-8-12(9-11)10-15-13-5-3-4-6-14(13)18(2,16)17/h3-6,11-12,15H,7-10H2,1-2H3. The van der Waals surface area contributed by atoms with Gasteiger partial charge < -0.3 is 5.32 Å². The predicted octanol–water partition coefficient (Wildman–Crippen LogP) is 2.94. The van der Waals surface area contributed by atoms with E-state index in [-0.39, 0.29) is 0 Å². The Labute approximate surface area is 110 Å². The quantitative estimate of drug-likeness (QED) is 0.912. The highest BCUT2D eigenvalue weighted by atomic mass is 32.2. The number of hydrogen-bond donors (Lipinski definition) is 1. The highest BCUT2D eigenvalue weighted by Gasteiger charge is 2.21. The first kappa shape index (κ1) is 13.4. The molecule has 1 saturated carbocycles. The van der Waals surface area contributed by atoms with Crippen LogP contribution in [0.4, 0.5) is 5.69 Å². The van der Waals surface area contributed by atoms with Crippen molar-refractivity contribution in [2.75, 3.05) is 18.1 Å². The molecule has 0 amide bonds. The maximum absolute atomic E-state index is 11.7. The number of benzene rings is 1. The van der Waals surface area contributed by atoms with Crippen LogP contribution >= 0.6 is 0 Å². The first-order valence-electron chi connectivity index (χ1n) is 6.50. The summed E-state index contributed by atoms with van der Waals surface area (Å²) in [5.74, 6) is 1.48. The fourth-order valence-electron chi connectivity index (χ4n) is 2.70. The SMILES string of the molecule is CC1CCC(CNc2ccccc2S(C)(=O)=O)C1. The van der Waals surface area contributed by atoms with Crippen LogP contribution in [0.2, 0.25) is 0 Å². The van der Waals surface area contributed by atoms with Crippen LogP contribution in [0.1, 0.15) is 26.2 Å². The number of anilines is 1. The predicted molar refractivity (Wildman–Crippen MR) is 74.5 cm³/mol. The Balaban J connectivity index is 2.06. The summed E-state index contributed by atoms with van der Waals surface area (Å²) in [6.07, 6.45) is 5.04. The molecule has 0 aliphatic heterocycles. The van der Waals surface area contributed by atoms with Crippen molar-refractivity contribution < 1.29 is 8.42 Å². The summed E-state index contributed by atoms with van der Waals surface area (Å²) in [5, 5.41) is 3.30. The fraction of sp³-hybridized carbons (Fsp3) is 0.571. The molecule has 1 aromatic carbocycles. The van der Waals surface area contributed by atoms with E-state index in [9.17, 15) is 8.42 Å². The average molecular weight is 267 g/mol. The summed E-state index contributed by atoms with van der Waals surface area (Å²) in [5.41, 5.74) is 0.736. The minimum Gasteiger partial charge on any atom is -0.384 e. The van der Waals surface area contributed by atoms with Gasteiger partial charge >= 0.3 is 0 Å². The van der Waals surface area contributed by atoms with E-state index in [1.807, 2.05) is 12.1 Å². The van der Waals surface area contributed by atoms with E-state index in [0.717, 1.165) is 18.2 Å². The Hall–Kier alpha value is -1.03. The van der Waals surface area contributed by atoms with Gasteiger partial charge in [0, 0.05) is 12.8 Å². The average Bonchev–Trinajstić information content (AvgIpc) is 2.72. The van der Waals surface area contributed by atoms with Gasteiger partial charge in [-0.1, -0.05) is 25.5 Å². The molecule has 1 aromatic rings. The minimum absolute atomic E-state index is 0.399. The molecule has 0 saturated heterocycles. The van der Waals surface area contributed by atoms with E-state index < -0.39 is 9.84 Å². The summed E-state index contributed by atoms with van der Waals surface area (Å²) in [6, 6.07) is 7.14. The van der Waals surface area contributed by atoms with Gasteiger partial charge in [0.1, 0.15) is 0 Å². The second-order valence-electron chi connectivity index (χ2n) is 5.43. The van der Waals surface area contributed by atoms with Crippen LogP contribution < -0.4 is 5.32 Å². The molecular weight excluding hydrogens is 246 g/mol. The first-order valence-corrected chi connectivity index (χ1v) is 8.39. The number of nitrogens with one attached hydrogen (secondary N) is 1. The maximum atomic E-state index is 11.7. The number of para-hydroxylation sites is 1. The van der Waals surface area contributed by atoms with Gasteiger partial charge in [0.05, 0.1) is 10.6 Å². The fourth-order valence-corrected chi connectivity index (χ4v) is 3.57. The summed E-state index contributed by atoms with van der Waals surface area (Å²) in [7, 11) is -3.15. The molecule has 2 unspecified atom stereocenters. The third kappa shape index (κ3) is 3.25. The van der Waals surface area contributed by atoms with Crippen LogP contribution in [0.25, 0.3) is 0 Å². The summed E-state index contributed by atoms with van der Waals surface area (Å²) in [4.78, 5) is 0.399. The van der Waals surface area contributed by atoms with Crippen molar-refractivity contribution in [3.8, 4) is 0 Å². The molecule has 4 heteroatoms. The molecule has 100 valence electrons. The number of rotatable bonds is 4. The van der Waals surface area contributed by atoms with Gasteiger partial charge in [-0.15, -0.1) is 0 Å². The molecule has 2 rings (SSSR count). The summed E-state index contributed by atoms with van der Waals surface area (Å²) < 4.78 is 23.3. The van der Waals surface area contributed by atoms with Gasteiger partial charge in [-0.3, -0.25) is 0 Å². The summed E-state index contributed by atoms with van der Waals surface area (Å²) >= 11 is 0. The highest BCUT2D eigenvalue weighted by Crippen LogP contribution is 2.31. The Morgan fingerprint density at radius 1 is 1.28 bits per heavy atom. The van der Waals surface area contributed by atoms with E-state index in [1.165, 1.54) is 25.5 Å². The largest absolute Gasteiger partial charge is 0.384 e. The zero-order valence-electron chi connectivity index (χ0n) is 11.0. The topological polar surface area (TPSA) is 46.2 Å². The molecule has 0 radical (unpaired) electrons. The van der Waals surface area contributed by atoms with E-state index in [2.05, 4.69) is 12.2 Å². The van der Waals surface area contributed by atoms with Crippen LogP contribution in [0.15, 0.2) is 29.2 Å². The molecule has 2 atom stereocenters. The molecule has 1 aliphatic carbocycles. The van der Waals surface area contributed by atoms with Crippen molar-refractivity contribution in [1.29, 1.82) is 0 Å². The smallest absolute Gasteiger partial charge is 0.177 e. The Bertz CT molecular complexity index is 510. The van der Waals surface area contributed by atoms with Crippen LogP contribution in [-0.2, 0) is 9.84 Å². The Kier molecular flexibility index (Phi) is 3.95. The van der Waals surface area contributed by atoms with Gasteiger partial charge in [-0.25, -0.2) is 8.42 Å². The molecule has 1 N–H and O–H groups in total. The van der Waals surface area contributed by atoms with Gasteiger partial charge in [0.2, 0.25) is 0 Å². The lowest BCUT2D eigenvalue weighted by Crippen LogP contribution is -2.13. The van der Waals surface area contributed by atoms with Gasteiger partial charge in [-0.2, -0.15) is 0 Å². The lowest BCUT2D eigenvalue weighted by molar-refractivity contribution is 0.536. The lowest BCUT2D eigenvalue weighted by Gasteiger charge is -2.14. The number of sulfone groups is 1. The minimum atomic E-state index is -3.15. The Morgan fingerprint density at radius 2 is 2.00 bits per heavy atom. The normalized spacial score (nSPS) is 24.1. The van der Waals surface area contributed by atoms with Gasteiger partial charge in [0.25, 0.3) is 0 Å². The molecule has 0 aromatic heterocycles. The molecular formula is C14H21NO2S. The molecule has 0 bridgehead atoms. The Morgan fingerprint density at radius 3 is 2.61 bits per heavy atom. The lowest BCUT2D eigenvalue weighted by atomic mass is 10.1. The van der Waals surface area contributed by atoms with Crippen molar-refractivity contribution in [2.45, 2.75) is 31.1 Å². The molecule has 1 fully saturated rings. The second kappa shape index (κ2) is 5.31. The maximum Gasteiger partial charge on any atom is 0.177 e. The molecule has 18 heavy (non-hydrogen) atoms. The van der Waals surface area contributed by atoms with Crippen molar-refractivity contribution in [3.05, 3.63) is 24.3 Å².